The molecule has 0 saturated carbocycles. The molecule has 0 aliphatic rings. The molecule has 2 rings (SSSR count). The van der Waals surface area contributed by atoms with Gasteiger partial charge in [-0.25, -0.2) is 0 Å². The summed E-state index contributed by atoms with van der Waals surface area (Å²) in [7, 11) is 1.69. The van der Waals surface area contributed by atoms with Crippen LogP contribution in [0, 0.1) is 6.92 Å². The Balaban J connectivity index is 2.11. The number of nitrogens with two attached hydrogens (primary N) is 1. The molecule has 108 valence electrons. The lowest BCUT2D eigenvalue weighted by atomic mass is 10.0. The van der Waals surface area contributed by atoms with Gasteiger partial charge in [0.2, 0.25) is 0 Å². The zero-order valence-electron chi connectivity index (χ0n) is 12.0. The van der Waals surface area contributed by atoms with Crippen molar-refractivity contribution in [2.75, 3.05) is 13.7 Å². The highest BCUT2D eigenvalue weighted by Crippen LogP contribution is 2.18. The van der Waals surface area contributed by atoms with Gasteiger partial charge in [0.1, 0.15) is 0 Å². The summed E-state index contributed by atoms with van der Waals surface area (Å²) < 4.78 is 7.04. The molecule has 0 saturated heterocycles. The fourth-order valence-corrected chi connectivity index (χ4v) is 2.21. The SMILES string of the molecule is COCCn1nccc1C(Cc1ccc(C)cc1)NN. The lowest BCUT2D eigenvalue weighted by Crippen LogP contribution is -2.31. The second kappa shape index (κ2) is 7.19. The number of methoxy groups -OCH3 is 1. The molecule has 1 aromatic heterocycles. The monoisotopic (exact) mass is 274 g/mol. The van der Waals surface area contributed by atoms with Crippen molar-refractivity contribution in [2.24, 2.45) is 5.84 Å². The van der Waals surface area contributed by atoms with Crippen molar-refractivity contribution >= 4 is 0 Å². The van der Waals surface area contributed by atoms with Gasteiger partial charge in [0.15, 0.2) is 0 Å². The number of aryl methyl sites for hydroxylation is 1. The van der Waals surface area contributed by atoms with Crippen LogP contribution < -0.4 is 11.3 Å². The molecule has 5 heteroatoms. The van der Waals surface area contributed by atoms with Gasteiger partial charge in [-0.05, 0) is 25.0 Å². The maximum absolute atomic E-state index is 5.72. The highest BCUT2D eigenvalue weighted by atomic mass is 16.5. The van der Waals surface area contributed by atoms with Gasteiger partial charge in [-0.2, -0.15) is 5.10 Å². The summed E-state index contributed by atoms with van der Waals surface area (Å²) in [6.45, 7) is 3.45. The van der Waals surface area contributed by atoms with Crippen molar-refractivity contribution in [3.05, 3.63) is 53.3 Å². The van der Waals surface area contributed by atoms with Crippen LogP contribution in [0.4, 0.5) is 0 Å². The molecule has 3 N–H and O–H groups in total. The van der Waals surface area contributed by atoms with E-state index in [-0.39, 0.29) is 6.04 Å². The van der Waals surface area contributed by atoms with E-state index in [0.717, 1.165) is 18.7 Å². The van der Waals surface area contributed by atoms with Crippen molar-refractivity contribution in [3.8, 4) is 0 Å². The smallest absolute Gasteiger partial charge is 0.0669 e. The van der Waals surface area contributed by atoms with Gasteiger partial charge in [0, 0.05) is 13.3 Å². The van der Waals surface area contributed by atoms with E-state index in [2.05, 4.69) is 41.7 Å². The summed E-state index contributed by atoms with van der Waals surface area (Å²) in [5.41, 5.74) is 6.47. The molecule has 1 heterocycles. The molecule has 0 radical (unpaired) electrons. The zero-order valence-corrected chi connectivity index (χ0v) is 12.0. The summed E-state index contributed by atoms with van der Waals surface area (Å²) in [5, 5.41) is 4.32. The maximum Gasteiger partial charge on any atom is 0.0669 e. The van der Waals surface area contributed by atoms with Crippen LogP contribution in [0.15, 0.2) is 36.5 Å². The predicted octanol–water partition coefficient (Wildman–Crippen LogP) is 1.59. The van der Waals surface area contributed by atoms with Crippen LogP contribution >= 0.6 is 0 Å². The van der Waals surface area contributed by atoms with Crippen LogP contribution in [0.5, 0.6) is 0 Å². The van der Waals surface area contributed by atoms with Gasteiger partial charge in [0.05, 0.1) is 24.9 Å². The highest BCUT2D eigenvalue weighted by molar-refractivity contribution is 5.23. The maximum atomic E-state index is 5.72. The molecule has 0 amide bonds. The Kier molecular flexibility index (Phi) is 5.29. The van der Waals surface area contributed by atoms with Crippen LogP contribution in [0.25, 0.3) is 0 Å². The number of hydrogen-bond acceptors (Lipinski definition) is 4. The number of benzene rings is 1. The number of nitrogens with zero attached hydrogens (tertiary/aromatic N) is 2. The van der Waals surface area contributed by atoms with E-state index in [4.69, 9.17) is 10.6 Å². The summed E-state index contributed by atoms with van der Waals surface area (Å²) >= 11 is 0. The Morgan fingerprint density at radius 2 is 2.05 bits per heavy atom. The molecule has 5 nitrogen and oxygen atoms in total. The van der Waals surface area contributed by atoms with Gasteiger partial charge >= 0.3 is 0 Å². The second-order valence-corrected chi connectivity index (χ2v) is 4.88. The van der Waals surface area contributed by atoms with Crippen molar-refractivity contribution in [1.82, 2.24) is 15.2 Å². The Hall–Kier alpha value is -1.69. The number of nitrogens with one attached hydrogen (secondary N) is 1. The third-order valence-electron chi connectivity index (χ3n) is 3.38. The molecule has 0 aliphatic heterocycles. The summed E-state index contributed by atoms with van der Waals surface area (Å²) in [6.07, 6.45) is 2.62. The Labute approximate surface area is 119 Å². The van der Waals surface area contributed by atoms with E-state index < -0.39 is 0 Å². The van der Waals surface area contributed by atoms with E-state index in [1.807, 2.05) is 10.7 Å². The highest BCUT2D eigenvalue weighted by Gasteiger charge is 2.15. The van der Waals surface area contributed by atoms with E-state index in [1.165, 1.54) is 11.1 Å². The minimum absolute atomic E-state index is 0.0389. The first kappa shape index (κ1) is 14.7. The van der Waals surface area contributed by atoms with Crippen molar-refractivity contribution in [2.45, 2.75) is 25.9 Å². The first-order valence-corrected chi connectivity index (χ1v) is 6.77. The van der Waals surface area contributed by atoms with Gasteiger partial charge in [-0.1, -0.05) is 29.8 Å². The minimum Gasteiger partial charge on any atom is -0.383 e. The molecule has 1 unspecified atom stereocenters. The third kappa shape index (κ3) is 3.66. The van der Waals surface area contributed by atoms with Crippen LogP contribution in [-0.2, 0) is 17.7 Å². The molecule has 1 atom stereocenters. The Morgan fingerprint density at radius 3 is 2.70 bits per heavy atom. The van der Waals surface area contributed by atoms with E-state index >= 15 is 0 Å². The number of hydrazine groups is 1. The van der Waals surface area contributed by atoms with E-state index in [0.29, 0.717) is 6.61 Å². The molecule has 0 bridgehead atoms. The molecule has 0 spiro atoms. The first-order chi connectivity index (χ1) is 9.74. The largest absolute Gasteiger partial charge is 0.383 e. The van der Waals surface area contributed by atoms with Crippen molar-refractivity contribution < 1.29 is 4.74 Å². The van der Waals surface area contributed by atoms with E-state index in [1.54, 1.807) is 13.3 Å². The van der Waals surface area contributed by atoms with Crippen LogP contribution in [0.2, 0.25) is 0 Å². The van der Waals surface area contributed by atoms with Crippen LogP contribution in [-0.4, -0.2) is 23.5 Å². The Morgan fingerprint density at radius 1 is 1.30 bits per heavy atom. The van der Waals surface area contributed by atoms with Gasteiger partial charge in [-0.3, -0.25) is 16.0 Å². The number of ether oxygens (including phenoxy) is 1. The van der Waals surface area contributed by atoms with Crippen molar-refractivity contribution in [1.29, 1.82) is 0 Å². The third-order valence-corrected chi connectivity index (χ3v) is 3.38. The molecule has 20 heavy (non-hydrogen) atoms. The molecule has 0 fully saturated rings. The minimum atomic E-state index is 0.0389. The fourth-order valence-electron chi connectivity index (χ4n) is 2.21. The van der Waals surface area contributed by atoms with Crippen LogP contribution in [0.1, 0.15) is 22.9 Å². The van der Waals surface area contributed by atoms with E-state index in [9.17, 15) is 0 Å². The summed E-state index contributed by atoms with van der Waals surface area (Å²) in [5.74, 6) is 5.72. The average molecular weight is 274 g/mol. The standard InChI is InChI=1S/C15H22N4O/c1-12-3-5-13(6-4-12)11-14(18-16)15-7-8-17-19(15)9-10-20-2/h3-8,14,18H,9-11,16H2,1-2H3. The summed E-state index contributed by atoms with van der Waals surface area (Å²) in [4.78, 5) is 0. The van der Waals surface area contributed by atoms with Gasteiger partial charge < -0.3 is 4.74 Å². The Bertz CT molecular complexity index is 521. The fraction of sp³-hybridized carbons (Fsp3) is 0.400. The molecular weight excluding hydrogens is 252 g/mol. The normalized spacial score (nSPS) is 12.6. The van der Waals surface area contributed by atoms with Gasteiger partial charge in [0.25, 0.3) is 0 Å². The predicted molar refractivity (Wildman–Crippen MR) is 79.1 cm³/mol. The topological polar surface area (TPSA) is 65.1 Å². The lowest BCUT2D eigenvalue weighted by molar-refractivity contribution is 0.181. The average Bonchev–Trinajstić information content (AvgIpc) is 2.92. The second-order valence-electron chi connectivity index (χ2n) is 4.88. The summed E-state index contributed by atoms with van der Waals surface area (Å²) in [6, 6.07) is 10.5. The molecule has 2 aromatic rings. The number of rotatable bonds is 7. The number of hydrogen-bond donors (Lipinski definition) is 2. The quantitative estimate of drug-likeness (QED) is 0.594. The zero-order chi connectivity index (χ0) is 14.4. The first-order valence-electron chi connectivity index (χ1n) is 6.77. The lowest BCUT2D eigenvalue weighted by Gasteiger charge is -2.18. The van der Waals surface area contributed by atoms with Gasteiger partial charge in [-0.15, -0.1) is 0 Å². The molecule has 0 aliphatic carbocycles. The molecule has 1 aromatic carbocycles. The number of aromatic nitrogens is 2. The molecular formula is C15H22N4O. The van der Waals surface area contributed by atoms with Crippen molar-refractivity contribution in [3.63, 3.8) is 0 Å². The van der Waals surface area contributed by atoms with Crippen LogP contribution in [0.3, 0.4) is 0 Å².